The summed E-state index contributed by atoms with van der Waals surface area (Å²) >= 11 is 1.94. The molecule has 0 atom stereocenters. The molecule has 6 heteroatoms. The van der Waals surface area contributed by atoms with Crippen molar-refractivity contribution in [2.45, 2.75) is 0 Å². The number of aliphatic hydroxyl groups is 2. The van der Waals surface area contributed by atoms with Crippen molar-refractivity contribution in [1.82, 2.24) is 4.90 Å². The van der Waals surface area contributed by atoms with Crippen LogP contribution < -0.4 is 0 Å². The van der Waals surface area contributed by atoms with E-state index in [9.17, 15) is 4.79 Å². The minimum absolute atomic E-state index is 0.0419. The maximum atomic E-state index is 10.8. The number of rotatable bonds is 8. The van der Waals surface area contributed by atoms with Crippen LogP contribution in [-0.2, 0) is 9.53 Å². The van der Waals surface area contributed by atoms with Crippen molar-refractivity contribution < 1.29 is 19.7 Å². The van der Waals surface area contributed by atoms with Crippen molar-refractivity contribution in [2.24, 2.45) is 0 Å². The molecule has 0 bridgehead atoms. The highest BCUT2D eigenvalue weighted by atomic mass is 127. The van der Waals surface area contributed by atoms with E-state index in [2.05, 4.69) is 0 Å². The topological polar surface area (TPSA) is 70.0 Å². The van der Waals surface area contributed by atoms with Crippen molar-refractivity contribution in [3.05, 3.63) is 0 Å². The Morgan fingerprint density at radius 2 is 1.79 bits per heavy atom. The highest BCUT2D eigenvalue weighted by Gasteiger charge is 2.04. The fourth-order valence-corrected chi connectivity index (χ4v) is 1.17. The lowest BCUT2D eigenvalue weighted by Crippen LogP contribution is -2.33. The molecule has 2 N–H and O–H groups in total. The molecule has 0 aromatic carbocycles. The summed E-state index contributed by atoms with van der Waals surface area (Å²) < 4.78 is 5.21. The lowest BCUT2D eigenvalue weighted by atomic mass is 10.4. The van der Waals surface area contributed by atoms with E-state index in [1.165, 1.54) is 0 Å². The summed E-state index contributed by atoms with van der Waals surface area (Å²) in [4.78, 5) is 12.6. The number of alkyl halides is 1. The molecule has 0 aliphatic heterocycles. The van der Waals surface area contributed by atoms with Crippen LogP contribution in [-0.4, -0.2) is 65.0 Å². The summed E-state index contributed by atoms with van der Waals surface area (Å²) in [6, 6.07) is 0. The summed E-state index contributed by atoms with van der Waals surface area (Å²) in [6.07, 6.45) is 0. The smallest absolute Gasteiger partial charge is 0.315 e. The summed E-state index contributed by atoms with van der Waals surface area (Å²) in [5.41, 5.74) is 0. The zero-order chi connectivity index (χ0) is 10.8. The third-order valence-corrected chi connectivity index (χ3v) is 2.23. The zero-order valence-electron chi connectivity index (χ0n) is 7.99. The van der Waals surface area contributed by atoms with Crippen molar-refractivity contribution in [3.8, 4) is 0 Å². The van der Waals surface area contributed by atoms with Crippen molar-refractivity contribution in [2.75, 3.05) is 43.9 Å². The van der Waals surface area contributed by atoms with Crippen LogP contribution in [0.5, 0.6) is 0 Å². The van der Waals surface area contributed by atoms with Crippen LogP contribution in [0.2, 0.25) is 0 Å². The number of hydrogen-bond acceptors (Lipinski definition) is 5. The molecular formula is C8H16INO4. The molecule has 5 nitrogen and oxygen atoms in total. The number of hydrogen-bond donors (Lipinski definition) is 2. The molecular weight excluding hydrogens is 301 g/mol. The first-order chi connectivity index (χ1) is 6.74. The van der Waals surface area contributed by atoms with Gasteiger partial charge in [0.2, 0.25) is 0 Å². The van der Waals surface area contributed by atoms with Crippen LogP contribution in [0.15, 0.2) is 0 Å². The van der Waals surface area contributed by atoms with Gasteiger partial charge in [-0.05, 0) is 0 Å². The average molecular weight is 317 g/mol. The molecule has 0 saturated carbocycles. The maximum absolute atomic E-state index is 10.8. The van der Waals surface area contributed by atoms with Gasteiger partial charge in [-0.1, -0.05) is 22.6 Å². The van der Waals surface area contributed by atoms with Gasteiger partial charge in [0.25, 0.3) is 0 Å². The van der Waals surface area contributed by atoms with E-state index in [-0.39, 0.29) is 19.2 Å². The molecule has 0 amide bonds. The molecule has 0 aliphatic carbocycles. The van der Waals surface area contributed by atoms with E-state index < -0.39 is 0 Å². The first kappa shape index (κ1) is 14.1. The van der Waals surface area contributed by atoms with E-state index >= 15 is 0 Å². The molecule has 0 aromatic heterocycles. The molecule has 0 fully saturated rings. The molecule has 84 valence electrons. The fourth-order valence-electron chi connectivity index (χ4n) is 0.945. The van der Waals surface area contributed by atoms with Gasteiger partial charge in [0.15, 0.2) is 0 Å². The molecule has 0 heterocycles. The lowest BCUT2D eigenvalue weighted by molar-refractivity contribution is -0.140. The molecule has 0 aliphatic rings. The largest absolute Gasteiger partial charge is 0.464 e. The zero-order valence-corrected chi connectivity index (χ0v) is 10.1. The molecule has 14 heavy (non-hydrogen) atoms. The third kappa shape index (κ3) is 7.48. The summed E-state index contributed by atoms with van der Waals surface area (Å²) in [5, 5.41) is 17.4. The Kier molecular flexibility index (Phi) is 9.68. The van der Waals surface area contributed by atoms with Gasteiger partial charge < -0.3 is 14.9 Å². The predicted octanol–water partition coefficient (Wildman–Crippen LogP) is -0.749. The van der Waals surface area contributed by atoms with Gasteiger partial charge in [-0.3, -0.25) is 9.69 Å². The van der Waals surface area contributed by atoms with E-state index in [1.807, 2.05) is 27.5 Å². The molecule has 0 radical (unpaired) electrons. The van der Waals surface area contributed by atoms with E-state index in [1.54, 1.807) is 0 Å². The molecule has 0 saturated heterocycles. The Morgan fingerprint density at radius 3 is 2.21 bits per heavy atom. The lowest BCUT2D eigenvalue weighted by Gasteiger charge is -2.19. The SMILES string of the molecule is O=C(CI)OCCN(CCO)CCO. The highest BCUT2D eigenvalue weighted by Crippen LogP contribution is 1.90. The maximum Gasteiger partial charge on any atom is 0.315 e. The second-order valence-corrected chi connectivity index (χ2v) is 3.41. The van der Waals surface area contributed by atoms with Crippen LogP contribution in [0.25, 0.3) is 0 Å². The van der Waals surface area contributed by atoms with Crippen LogP contribution in [0.1, 0.15) is 0 Å². The standard InChI is InChI=1S/C8H16INO4/c9-7-8(13)14-6-3-10(1-4-11)2-5-12/h11-12H,1-7H2. The van der Waals surface area contributed by atoms with Crippen molar-refractivity contribution >= 4 is 28.6 Å². The van der Waals surface area contributed by atoms with Gasteiger partial charge >= 0.3 is 5.97 Å². The number of carbonyl (C=O) groups excluding carboxylic acids is 1. The van der Waals surface area contributed by atoms with Gasteiger partial charge in [-0.2, -0.15) is 0 Å². The Balaban J connectivity index is 3.54. The average Bonchev–Trinajstić information content (AvgIpc) is 2.18. The van der Waals surface area contributed by atoms with Crippen LogP contribution in [0, 0.1) is 0 Å². The normalized spacial score (nSPS) is 10.6. The number of carbonyl (C=O) groups is 1. The molecule has 0 aromatic rings. The van der Waals surface area contributed by atoms with Gasteiger partial charge in [0, 0.05) is 19.6 Å². The fraction of sp³-hybridized carbons (Fsp3) is 0.875. The molecule has 0 unspecified atom stereocenters. The Morgan fingerprint density at radius 1 is 1.21 bits per heavy atom. The van der Waals surface area contributed by atoms with Crippen LogP contribution in [0.4, 0.5) is 0 Å². The molecule has 0 spiro atoms. The van der Waals surface area contributed by atoms with E-state index in [4.69, 9.17) is 14.9 Å². The first-order valence-electron chi connectivity index (χ1n) is 4.40. The summed E-state index contributed by atoms with van der Waals surface area (Å²) in [6.45, 7) is 1.91. The number of esters is 1. The Hall–Kier alpha value is 0.0800. The van der Waals surface area contributed by atoms with Crippen LogP contribution >= 0.6 is 22.6 Å². The number of ether oxygens (including phenoxy) is 1. The third-order valence-electron chi connectivity index (χ3n) is 1.61. The second-order valence-electron chi connectivity index (χ2n) is 2.64. The first-order valence-corrected chi connectivity index (χ1v) is 5.92. The number of nitrogens with zero attached hydrogens (tertiary/aromatic N) is 1. The number of aliphatic hydroxyl groups excluding tert-OH is 2. The van der Waals surface area contributed by atoms with Crippen molar-refractivity contribution in [1.29, 1.82) is 0 Å². The van der Waals surface area contributed by atoms with E-state index in [0.29, 0.717) is 30.7 Å². The minimum atomic E-state index is -0.237. The number of halogens is 1. The molecule has 0 rings (SSSR count). The Labute approximate surface area is 97.2 Å². The highest BCUT2D eigenvalue weighted by molar-refractivity contribution is 14.1. The van der Waals surface area contributed by atoms with Crippen molar-refractivity contribution in [3.63, 3.8) is 0 Å². The Bertz CT molecular complexity index is 150. The minimum Gasteiger partial charge on any atom is -0.464 e. The van der Waals surface area contributed by atoms with Crippen LogP contribution in [0.3, 0.4) is 0 Å². The van der Waals surface area contributed by atoms with Gasteiger partial charge in [-0.15, -0.1) is 0 Å². The summed E-state index contributed by atoms with van der Waals surface area (Å²) in [5.74, 6) is -0.237. The van der Waals surface area contributed by atoms with Gasteiger partial charge in [0.1, 0.15) is 6.61 Å². The predicted molar refractivity (Wildman–Crippen MR) is 60.5 cm³/mol. The monoisotopic (exact) mass is 317 g/mol. The van der Waals surface area contributed by atoms with E-state index in [0.717, 1.165) is 0 Å². The van der Waals surface area contributed by atoms with Gasteiger partial charge in [-0.25, -0.2) is 0 Å². The second kappa shape index (κ2) is 9.63. The van der Waals surface area contributed by atoms with Gasteiger partial charge in [0.05, 0.1) is 17.6 Å². The summed E-state index contributed by atoms with van der Waals surface area (Å²) in [7, 11) is 0. The quantitative estimate of drug-likeness (QED) is 0.350.